The zero-order chi connectivity index (χ0) is 12.0. The molecule has 0 aromatic rings. The van der Waals surface area contributed by atoms with Gasteiger partial charge in [0.15, 0.2) is 0 Å². The van der Waals surface area contributed by atoms with Crippen LogP contribution in [0.1, 0.15) is 40.5 Å². The molecule has 1 aliphatic rings. The molecule has 0 radical (unpaired) electrons. The third-order valence-electron chi connectivity index (χ3n) is 3.54. The molecule has 1 saturated heterocycles. The van der Waals surface area contributed by atoms with E-state index in [4.69, 9.17) is 4.74 Å². The van der Waals surface area contributed by atoms with Gasteiger partial charge in [-0.3, -0.25) is 4.90 Å². The highest BCUT2D eigenvalue weighted by Gasteiger charge is 2.28. The molecule has 3 heteroatoms. The van der Waals surface area contributed by atoms with Gasteiger partial charge in [0.25, 0.3) is 0 Å². The van der Waals surface area contributed by atoms with E-state index in [9.17, 15) is 0 Å². The van der Waals surface area contributed by atoms with E-state index in [0.29, 0.717) is 18.2 Å². The molecule has 1 fully saturated rings. The quantitative estimate of drug-likeness (QED) is 0.703. The summed E-state index contributed by atoms with van der Waals surface area (Å²) in [6.45, 7) is 13.1. The lowest BCUT2D eigenvalue weighted by Gasteiger charge is -2.42. The Balaban J connectivity index is 2.39. The summed E-state index contributed by atoms with van der Waals surface area (Å²) in [5.41, 5.74) is 0. The molecule has 1 N–H and O–H groups in total. The number of morpholine rings is 1. The summed E-state index contributed by atoms with van der Waals surface area (Å²) in [5, 5.41) is 3.40. The van der Waals surface area contributed by atoms with E-state index < -0.39 is 0 Å². The van der Waals surface area contributed by atoms with Crippen LogP contribution in [0.4, 0.5) is 0 Å². The first kappa shape index (κ1) is 13.9. The molecule has 0 saturated carbocycles. The Bertz CT molecular complexity index is 187. The summed E-state index contributed by atoms with van der Waals surface area (Å²) < 4.78 is 5.73. The van der Waals surface area contributed by atoms with Crippen LogP contribution < -0.4 is 5.32 Å². The number of rotatable bonds is 6. The van der Waals surface area contributed by atoms with Gasteiger partial charge < -0.3 is 10.1 Å². The van der Waals surface area contributed by atoms with Crippen molar-refractivity contribution in [1.29, 1.82) is 0 Å². The fourth-order valence-electron chi connectivity index (χ4n) is 2.42. The molecule has 0 aliphatic carbocycles. The Hall–Kier alpha value is -0.120. The Morgan fingerprint density at radius 1 is 1.44 bits per heavy atom. The highest BCUT2D eigenvalue weighted by molar-refractivity contribution is 4.82. The van der Waals surface area contributed by atoms with Crippen LogP contribution in [-0.2, 0) is 4.74 Å². The van der Waals surface area contributed by atoms with E-state index in [1.807, 2.05) is 0 Å². The second kappa shape index (κ2) is 7.25. The first-order valence-corrected chi connectivity index (χ1v) is 6.77. The zero-order valence-corrected chi connectivity index (χ0v) is 11.3. The van der Waals surface area contributed by atoms with Gasteiger partial charge in [0.05, 0.1) is 12.7 Å². The first-order valence-electron chi connectivity index (χ1n) is 6.77. The average Bonchev–Trinajstić information content (AvgIpc) is 2.29. The molecule has 0 aromatic carbocycles. The van der Waals surface area contributed by atoms with Gasteiger partial charge in [-0.25, -0.2) is 0 Å². The largest absolute Gasteiger partial charge is 0.376 e. The van der Waals surface area contributed by atoms with Crippen LogP contribution >= 0.6 is 0 Å². The highest BCUT2D eigenvalue weighted by atomic mass is 16.5. The van der Waals surface area contributed by atoms with Gasteiger partial charge in [-0.05, 0) is 39.8 Å². The van der Waals surface area contributed by atoms with Crippen LogP contribution in [0, 0.1) is 0 Å². The van der Waals surface area contributed by atoms with Crippen molar-refractivity contribution < 1.29 is 4.74 Å². The molecule has 0 spiro atoms. The van der Waals surface area contributed by atoms with Crippen molar-refractivity contribution in [2.75, 3.05) is 26.2 Å². The van der Waals surface area contributed by atoms with Crippen molar-refractivity contribution in [2.45, 2.75) is 58.7 Å². The lowest BCUT2D eigenvalue weighted by molar-refractivity contribution is -0.0707. The van der Waals surface area contributed by atoms with Gasteiger partial charge >= 0.3 is 0 Å². The molecule has 3 nitrogen and oxygen atoms in total. The fraction of sp³-hybridized carbons (Fsp3) is 1.00. The van der Waals surface area contributed by atoms with Crippen molar-refractivity contribution >= 4 is 0 Å². The molecule has 0 aromatic heterocycles. The summed E-state index contributed by atoms with van der Waals surface area (Å²) in [5.74, 6) is 0. The molecular formula is C13H28N2O. The normalized spacial score (nSPS) is 29.2. The molecule has 1 heterocycles. The SMILES string of the molecule is CCNCCC(C)N1CC(C)OCC1CC. The number of nitrogens with zero attached hydrogens (tertiary/aromatic N) is 1. The lowest BCUT2D eigenvalue weighted by atomic mass is 10.1. The standard InChI is InChI=1S/C13H28N2O/c1-5-13-10-16-12(4)9-15(13)11(3)7-8-14-6-2/h11-14H,5-10H2,1-4H3. The number of hydrogen-bond acceptors (Lipinski definition) is 3. The maximum absolute atomic E-state index is 5.73. The zero-order valence-electron chi connectivity index (χ0n) is 11.3. The van der Waals surface area contributed by atoms with Crippen molar-refractivity contribution in [3.63, 3.8) is 0 Å². The predicted octanol–water partition coefficient (Wildman–Crippen LogP) is 1.87. The predicted molar refractivity (Wildman–Crippen MR) is 68.8 cm³/mol. The van der Waals surface area contributed by atoms with Crippen molar-refractivity contribution in [3.8, 4) is 0 Å². The van der Waals surface area contributed by atoms with E-state index in [2.05, 4.69) is 37.9 Å². The van der Waals surface area contributed by atoms with E-state index in [-0.39, 0.29) is 0 Å². The van der Waals surface area contributed by atoms with Crippen molar-refractivity contribution in [2.24, 2.45) is 0 Å². The van der Waals surface area contributed by atoms with Gasteiger partial charge in [0.2, 0.25) is 0 Å². The summed E-state index contributed by atoms with van der Waals surface area (Å²) in [4.78, 5) is 2.63. The number of ether oxygens (including phenoxy) is 1. The molecule has 0 bridgehead atoms. The van der Waals surface area contributed by atoms with Gasteiger partial charge in [-0.2, -0.15) is 0 Å². The van der Waals surface area contributed by atoms with Gasteiger partial charge in [-0.1, -0.05) is 13.8 Å². The number of hydrogen-bond donors (Lipinski definition) is 1. The summed E-state index contributed by atoms with van der Waals surface area (Å²) in [6, 6.07) is 1.28. The minimum atomic E-state index is 0.393. The van der Waals surface area contributed by atoms with Crippen LogP contribution in [0.5, 0.6) is 0 Å². The molecule has 16 heavy (non-hydrogen) atoms. The van der Waals surface area contributed by atoms with Crippen molar-refractivity contribution in [1.82, 2.24) is 10.2 Å². The maximum atomic E-state index is 5.73. The topological polar surface area (TPSA) is 24.5 Å². The fourth-order valence-corrected chi connectivity index (χ4v) is 2.42. The Morgan fingerprint density at radius 3 is 2.81 bits per heavy atom. The van der Waals surface area contributed by atoms with Gasteiger partial charge in [0.1, 0.15) is 0 Å². The summed E-state index contributed by atoms with van der Waals surface area (Å²) in [7, 11) is 0. The second-order valence-corrected chi connectivity index (χ2v) is 4.89. The third kappa shape index (κ3) is 4.04. The molecular weight excluding hydrogens is 200 g/mol. The van der Waals surface area contributed by atoms with Gasteiger partial charge in [0, 0.05) is 18.6 Å². The van der Waals surface area contributed by atoms with Gasteiger partial charge in [-0.15, -0.1) is 0 Å². The second-order valence-electron chi connectivity index (χ2n) is 4.89. The summed E-state index contributed by atoms with van der Waals surface area (Å²) >= 11 is 0. The smallest absolute Gasteiger partial charge is 0.0674 e. The molecule has 1 rings (SSSR count). The molecule has 96 valence electrons. The first-order chi connectivity index (χ1) is 7.69. The maximum Gasteiger partial charge on any atom is 0.0674 e. The lowest BCUT2D eigenvalue weighted by Crippen LogP contribution is -2.52. The number of nitrogens with one attached hydrogen (secondary N) is 1. The average molecular weight is 228 g/mol. The van der Waals surface area contributed by atoms with Crippen LogP contribution in [0.2, 0.25) is 0 Å². The highest BCUT2D eigenvalue weighted by Crippen LogP contribution is 2.18. The van der Waals surface area contributed by atoms with Crippen LogP contribution in [0.15, 0.2) is 0 Å². The Kier molecular flexibility index (Phi) is 6.32. The molecule has 0 amide bonds. The Morgan fingerprint density at radius 2 is 2.19 bits per heavy atom. The monoisotopic (exact) mass is 228 g/mol. The van der Waals surface area contributed by atoms with E-state index in [1.165, 1.54) is 12.8 Å². The van der Waals surface area contributed by atoms with E-state index in [1.54, 1.807) is 0 Å². The molecule has 3 unspecified atom stereocenters. The van der Waals surface area contributed by atoms with E-state index in [0.717, 1.165) is 26.2 Å². The third-order valence-corrected chi connectivity index (χ3v) is 3.54. The van der Waals surface area contributed by atoms with Crippen molar-refractivity contribution in [3.05, 3.63) is 0 Å². The molecule has 3 atom stereocenters. The van der Waals surface area contributed by atoms with Crippen LogP contribution in [0.25, 0.3) is 0 Å². The van der Waals surface area contributed by atoms with E-state index >= 15 is 0 Å². The summed E-state index contributed by atoms with van der Waals surface area (Å²) in [6.07, 6.45) is 2.82. The van der Waals surface area contributed by atoms with Crippen LogP contribution in [-0.4, -0.2) is 49.3 Å². The Labute approximate surface area is 101 Å². The minimum Gasteiger partial charge on any atom is -0.376 e. The minimum absolute atomic E-state index is 0.393. The molecule has 1 aliphatic heterocycles. The van der Waals surface area contributed by atoms with Crippen LogP contribution in [0.3, 0.4) is 0 Å².